The van der Waals surface area contributed by atoms with Crippen LogP contribution in [-0.4, -0.2) is 12.2 Å². The Morgan fingerprint density at radius 2 is 1.76 bits per heavy atom. The summed E-state index contributed by atoms with van der Waals surface area (Å²) >= 11 is 0. The van der Waals surface area contributed by atoms with Gasteiger partial charge in [0.2, 0.25) is 0 Å². The van der Waals surface area contributed by atoms with Gasteiger partial charge in [-0.1, -0.05) is 42.0 Å². The summed E-state index contributed by atoms with van der Waals surface area (Å²) in [6.45, 7) is 2.10. The number of aryl methyl sites for hydroxylation is 1. The van der Waals surface area contributed by atoms with Crippen LogP contribution < -0.4 is 4.74 Å². The molecule has 2 rings (SSSR count). The topological polar surface area (TPSA) is 29.5 Å². The van der Waals surface area contributed by atoms with Crippen molar-refractivity contribution in [2.75, 3.05) is 7.11 Å². The molecule has 88 valence electrons. The number of methoxy groups -OCH3 is 1. The van der Waals surface area contributed by atoms with Crippen LogP contribution >= 0.6 is 0 Å². The molecule has 0 heterocycles. The van der Waals surface area contributed by atoms with Gasteiger partial charge in [-0.15, -0.1) is 0 Å². The van der Waals surface area contributed by atoms with E-state index in [4.69, 9.17) is 9.84 Å². The van der Waals surface area contributed by atoms with Crippen molar-refractivity contribution >= 4 is 0 Å². The van der Waals surface area contributed by atoms with E-state index in [2.05, 4.69) is 31.2 Å². The highest BCUT2D eigenvalue weighted by atomic mass is 16.5. The molecule has 0 aromatic heterocycles. The number of hydrogen-bond donors (Lipinski definition) is 1. The summed E-state index contributed by atoms with van der Waals surface area (Å²) in [5, 5.41) is 9.10. The smallest absolute Gasteiger partial charge is 0.127 e. The average Bonchev–Trinajstić information content (AvgIpc) is 2.39. The summed E-state index contributed by atoms with van der Waals surface area (Å²) in [5.41, 5.74) is 4.26. The fourth-order valence-corrected chi connectivity index (χ4v) is 1.81. The van der Waals surface area contributed by atoms with Gasteiger partial charge in [-0.3, -0.25) is 0 Å². The molecular formula is C15H16O2. The number of aliphatic hydroxyl groups excluding tert-OH is 1. The van der Waals surface area contributed by atoms with Gasteiger partial charge < -0.3 is 9.84 Å². The molecule has 0 fully saturated rings. The molecule has 2 nitrogen and oxygen atoms in total. The lowest BCUT2D eigenvalue weighted by atomic mass is 10.0. The number of aliphatic hydroxyl groups is 1. The first kappa shape index (κ1) is 11.7. The second kappa shape index (κ2) is 5.02. The third-order valence-corrected chi connectivity index (χ3v) is 2.81. The Labute approximate surface area is 101 Å². The molecule has 0 bridgehead atoms. The largest absolute Gasteiger partial charge is 0.496 e. The van der Waals surface area contributed by atoms with Gasteiger partial charge in [0.25, 0.3) is 0 Å². The van der Waals surface area contributed by atoms with E-state index in [1.54, 1.807) is 7.11 Å². The van der Waals surface area contributed by atoms with Gasteiger partial charge in [-0.05, 0) is 24.1 Å². The molecule has 2 heteroatoms. The van der Waals surface area contributed by atoms with Gasteiger partial charge in [0.05, 0.1) is 13.7 Å². The third kappa shape index (κ3) is 2.48. The Hall–Kier alpha value is -1.80. The zero-order valence-electron chi connectivity index (χ0n) is 10.1. The molecule has 2 aromatic rings. The summed E-state index contributed by atoms with van der Waals surface area (Å²) in [6.07, 6.45) is 0. The van der Waals surface area contributed by atoms with E-state index < -0.39 is 0 Å². The third-order valence-electron chi connectivity index (χ3n) is 2.81. The van der Waals surface area contributed by atoms with Crippen LogP contribution in [0.25, 0.3) is 11.1 Å². The lowest BCUT2D eigenvalue weighted by Gasteiger charge is -2.10. The van der Waals surface area contributed by atoms with Gasteiger partial charge in [0, 0.05) is 5.56 Å². The van der Waals surface area contributed by atoms with Crippen LogP contribution in [0, 0.1) is 6.92 Å². The molecule has 0 saturated heterocycles. The molecule has 1 N–H and O–H groups in total. The van der Waals surface area contributed by atoms with Crippen LogP contribution in [0.2, 0.25) is 0 Å². The highest BCUT2D eigenvalue weighted by molar-refractivity contribution is 5.71. The standard InChI is InChI=1S/C15H16O2/c1-11-3-6-13(7-4-11)14-8-5-12(10-16)9-15(14)17-2/h3-9,16H,10H2,1-2H3. The Morgan fingerprint density at radius 1 is 1.06 bits per heavy atom. The van der Waals surface area contributed by atoms with E-state index in [-0.39, 0.29) is 6.61 Å². The molecule has 0 amide bonds. The maximum Gasteiger partial charge on any atom is 0.127 e. The fourth-order valence-electron chi connectivity index (χ4n) is 1.81. The molecule has 0 unspecified atom stereocenters. The summed E-state index contributed by atoms with van der Waals surface area (Å²) in [5.74, 6) is 0.792. The number of ether oxygens (including phenoxy) is 1. The van der Waals surface area contributed by atoms with Crippen LogP contribution in [0.3, 0.4) is 0 Å². The molecule has 2 aromatic carbocycles. The molecule has 17 heavy (non-hydrogen) atoms. The molecular weight excluding hydrogens is 212 g/mol. The SMILES string of the molecule is COc1cc(CO)ccc1-c1ccc(C)cc1. The zero-order chi connectivity index (χ0) is 12.3. The minimum absolute atomic E-state index is 0.0323. The Morgan fingerprint density at radius 3 is 2.35 bits per heavy atom. The van der Waals surface area contributed by atoms with Crippen LogP contribution in [-0.2, 0) is 6.61 Å². The van der Waals surface area contributed by atoms with E-state index in [9.17, 15) is 0 Å². The van der Waals surface area contributed by atoms with Crippen molar-refractivity contribution in [2.45, 2.75) is 13.5 Å². The van der Waals surface area contributed by atoms with E-state index >= 15 is 0 Å². The van der Waals surface area contributed by atoms with Crippen molar-refractivity contribution in [3.8, 4) is 16.9 Å². The number of rotatable bonds is 3. The fraction of sp³-hybridized carbons (Fsp3) is 0.200. The predicted molar refractivity (Wildman–Crippen MR) is 69.1 cm³/mol. The van der Waals surface area contributed by atoms with Crippen LogP contribution in [0.5, 0.6) is 5.75 Å². The summed E-state index contributed by atoms with van der Waals surface area (Å²) in [6, 6.07) is 14.1. The molecule has 0 aliphatic rings. The van der Waals surface area contributed by atoms with Gasteiger partial charge in [-0.2, -0.15) is 0 Å². The normalized spacial score (nSPS) is 10.3. The second-order valence-corrected chi connectivity index (χ2v) is 4.06. The van der Waals surface area contributed by atoms with Gasteiger partial charge in [-0.25, -0.2) is 0 Å². The number of hydrogen-bond acceptors (Lipinski definition) is 2. The minimum atomic E-state index is 0.0323. The van der Waals surface area contributed by atoms with Gasteiger partial charge >= 0.3 is 0 Å². The summed E-state index contributed by atoms with van der Waals surface area (Å²) < 4.78 is 5.36. The zero-order valence-corrected chi connectivity index (χ0v) is 10.1. The van der Waals surface area contributed by atoms with Crippen molar-refractivity contribution < 1.29 is 9.84 Å². The first-order valence-electron chi connectivity index (χ1n) is 5.59. The summed E-state index contributed by atoms with van der Waals surface area (Å²) in [7, 11) is 1.65. The second-order valence-electron chi connectivity index (χ2n) is 4.06. The van der Waals surface area contributed by atoms with E-state index in [1.807, 2.05) is 18.2 Å². The number of benzene rings is 2. The first-order valence-corrected chi connectivity index (χ1v) is 5.59. The van der Waals surface area contributed by atoms with Crippen molar-refractivity contribution in [1.82, 2.24) is 0 Å². The predicted octanol–water partition coefficient (Wildman–Crippen LogP) is 3.16. The van der Waals surface area contributed by atoms with Crippen molar-refractivity contribution in [3.05, 3.63) is 53.6 Å². The highest BCUT2D eigenvalue weighted by Gasteiger charge is 2.06. The molecule has 0 atom stereocenters. The molecule has 0 aliphatic carbocycles. The Balaban J connectivity index is 2.47. The van der Waals surface area contributed by atoms with Crippen LogP contribution in [0.4, 0.5) is 0 Å². The summed E-state index contributed by atoms with van der Waals surface area (Å²) in [4.78, 5) is 0. The lowest BCUT2D eigenvalue weighted by Crippen LogP contribution is -1.91. The molecule has 0 aliphatic heterocycles. The monoisotopic (exact) mass is 228 g/mol. The van der Waals surface area contributed by atoms with Crippen LogP contribution in [0.15, 0.2) is 42.5 Å². The van der Waals surface area contributed by atoms with Gasteiger partial charge in [0.15, 0.2) is 0 Å². The highest BCUT2D eigenvalue weighted by Crippen LogP contribution is 2.30. The molecule has 0 saturated carbocycles. The lowest BCUT2D eigenvalue weighted by molar-refractivity contribution is 0.281. The van der Waals surface area contributed by atoms with Crippen molar-refractivity contribution in [1.29, 1.82) is 0 Å². The molecule has 0 radical (unpaired) electrons. The van der Waals surface area contributed by atoms with Crippen molar-refractivity contribution in [2.24, 2.45) is 0 Å². The van der Waals surface area contributed by atoms with E-state index in [1.165, 1.54) is 5.56 Å². The van der Waals surface area contributed by atoms with E-state index in [0.717, 1.165) is 22.4 Å². The minimum Gasteiger partial charge on any atom is -0.496 e. The quantitative estimate of drug-likeness (QED) is 0.874. The Kier molecular flexibility index (Phi) is 3.45. The average molecular weight is 228 g/mol. The Bertz CT molecular complexity index is 501. The van der Waals surface area contributed by atoms with Gasteiger partial charge in [0.1, 0.15) is 5.75 Å². The maximum absolute atomic E-state index is 9.10. The van der Waals surface area contributed by atoms with Crippen molar-refractivity contribution in [3.63, 3.8) is 0 Å². The first-order chi connectivity index (χ1) is 8.24. The molecule has 0 spiro atoms. The van der Waals surface area contributed by atoms with Crippen LogP contribution in [0.1, 0.15) is 11.1 Å². The maximum atomic E-state index is 9.10. The van der Waals surface area contributed by atoms with E-state index in [0.29, 0.717) is 0 Å².